The van der Waals surface area contributed by atoms with Gasteiger partial charge in [-0.3, -0.25) is 14.9 Å². The van der Waals surface area contributed by atoms with Crippen molar-refractivity contribution in [3.8, 4) is 11.1 Å². The van der Waals surface area contributed by atoms with E-state index >= 15 is 0 Å². The zero-order valence-corrected chi connectivity index (χ0v) is 19.6. The molecule has 2 aromatic rings. The van der Waals surface area contributed by atoms with E-state index in [1.54, 1.807) is 5.32 Å². The number of carboxylic acid groups (broad SMARTS) is 1. The van der Waals surface area contributed by atoms with Gasteiger partial charge >= 0.3 is 18.2 Å². The van der Waals surface area contributed by atoms with E-state index in [0.717, 1.165) is 27.2 Å². The first-order valence-corrected chi connectivity index (χ1v) is 11.1. The zero-order chi connectivity index (χ0) is 26.0. The Balaban J connectivity index is 1.79. The van der Waals surface area contributed by atoms with Crippen molar-refractivity contribution >= 4 is 18.0 Å². The molecule has 0 radical (unpaired) electrons. The molecule has 35 heavy (non-hydrogen) atoms. The van der Waals surface area contributed by atoms with Crippen molar-refractivity contribution in [3.05, 3.63) is 59.7 Å². The van der Waals surface area contributed by atoms with Gasteiger partial charge in [0.2, 0.25) is 5.54 Å². The number of alkyl carbamates (subject to hydrolysis) is 1. The molecule has 0 aliphatic heterocycles. The molecule has 0 aromatic heterocycles. The quantitative estimate of drug-likeness (QED) is 0.563. The van der Waals surface area contributed by atoms with Gasteiger partial charge in [0, 0.05) is 18.5 Å². The fourth-order valence-electron chi connectivity index (χ4n) is 4.39. The van der Waals surface area contributed by atoms with Crippen LogP contribution >= 0.6 is 0 Å². The number of carboxylic acids is 1. The van der Waals surface area contributed by atoms with Gasteiger partial charge in [-0.2, -0.15) is 13.2 Å². The number of carbonyl (C=O) groups excluding carboxylic acids is 2. The van der Waals surface area contributed by atoms with Crippen LogP contribution in [0, 0.1) is 0 Å². The molecule has 0 bridgehead atoms. The first-order chi connectivity index (χ1) is 16.4. The van der Waals surface area contributed by atoms with E-state index in [0.29, 0.717) is 6.92 Å². The number of amides is 2. The fourth-order valence-corrected chi connectivity index (χ4v) is 4.39. The van der Waals surface area contributed by atoms with Gasteiger partial charge in [0.15, 0.2) is 0 Å². The van der Waals surface area contributed by atoms with Gasteiger partial charge in [0.1, 0.15) is 6.61 Å². The molecule has 3 rings (SSSR count). The van der Waals surface area contributed by atoms with E-state index in [1.807, 2.05) is 48.5 Å². The van der Waals surface area contributed by atoms with E-state index < -0.39 is 42.1 Å². The molecule has 10 heteroatoms. The standard InChI is InChI=1S/C25H27F3N2O5/c1-4-30(15(2)13-21(31)32)22(33)24(3,25(26,27)28)29-23(34)35-14-20-18-11-7-5-9-16(18)17-10-6-8-12-19(17)20/h5-12,15,20H,4,13-14H2,1-3H3,(H,29,34)(H,31,32). The first-order valence-electron chi connectivity index (χ1n) is 11.1. The summed E-state index contributed by atoms with van der Waals surface area (Å²) in [4.78, 5) is 37.3. The normalized spacial score (nSPS) is 15.4. The van der Waals surface area contributed by atoms with Gasteiger partial charge in [-0.1, -0.05) is 48.5 Å². The van der Waals surface area contributed by atoms with Crippen molar-refractivity contribution in [1.82, 2.24) is 10.2 Å². The van der Waals surface area contributed by atoms with Crippen molar-refractivity contribution in [1.29, 1.82) is 0 Å². The van der Waals surface area contributed by atoms with Crippen LogP contribution in [0.1, 0.15) is 44.2 Å². The molecule has 0 fully saturated rings. The number of hydrogen-bond acceptors (Lipinski definition) is 4. The number of benzene rings is 2. The minimum Gasteiger partial charge on any atom is -0.481 e. The van der Waals surface area contributed by atoms with Crippen molar-refractivity contribution in [2.45, 2.75) is 50.9 Å². The highest BCUT2D eigenvalue weighted by Crippen LogP contribution is 2.44. The topological polar surface area (TPSA) is 95.9 Å². The SMILES string of the molecule is CCN(C(=O)C(C)(NC(=O)OCC1c2ccccc2-c2ccccc21)C(F)(F)F)C(C)CC(=O)O. The van der Waals surface area contributed by atoms with Crippen LogP contribution in [0.2, 0.25) is 0 Å². The summed E-state index contributed by atoms with van der Waals surface area (Å²) in [6.07, 6.45) is -7.10. The second-order valence-electron chi connectivity index (χ2n) is 8.61. The number of likely N-dealkylation sites (N-methyl/N-ethyl adjacent to an activating group) is 1. The Kier molecular flexibility index (Phi) is 7.42. The highest BCUT2D eigenvalue weighted by atomic mass is 19.4. The Morgan fingerprint density at radius 1 is 1.06 bits per heavy atom. The number of alkyl halides is 3. The molecule has 1 aliphatic carbocycles. The summed E-state index contributed by atoms with van der Waals surface area (Å²) < 4.78 is 47.3. The molecule has 2 atom stereocenters. The predicted octanol–water partition coefficient (Wildman–Crippen LogP) is 4.56. The molecule has 2 N–H and O–H groups in total. The molecule has 1 aliphatic rings. The smallest absolute Gasteiger partial charge is 0.420 e. The van der Waals surface area contributed by atoms with Crippen LogP contribution in [0.15, 0.2) is 48.5 Å². The van der Waals surface area contributed by atoms with E-state index in [-0.39, 0.29) is 19.1 Å². The van der Waals surface area contributed by atoms with Gasteiger partial charge in [-0.05, 0) is 43.0 Å². The van der Waals surface area contributed by atoms with Gasteiger partial charge in [-0.25, -0.2) is 4.79 Å². The average molecular weight is 492 g/mol. The Morgan fingerprint density at radius 3 is 2.03 bits per heavy atom. The summed E-state index contributed by atoms with van der Waals surface area (Å²) in [7, 11) is 0. The minimum atomic E-state index is -5.16. The van der Waals surface area contributed by atoms with Crippen molar-refractivity contribution < 1.29 is 37.4 Å². The van der Waals surface area contributed by atoms with Crippen molar-refractivity contribution in [2.24, 2.45) is 0 Å². The Bertz CT molecular complexity index is 1070. The minimum absolute atomic E-state index is 0.175. The molecular weight excluding hydrogens is 465 g/mol. The molecule has 0 heterocycles. The van der Waals surface area contributed by atoms with Crippen LogP contribution in [-0.4, -0.2) is 58.9 Å². The average Bonchev–Trinajstić information content (AvgIpc) is 3.10. The maximum atomic E-state index is 14.0. The molecule has 2 amide bonds. The molecule has 188 valence electrons. The zero-order valence-electron chi connectivity index (χ0n) is 19.6. The van der Waals surface area contributed by atoms with Crippen LogP contribution in [0.5, 0.6) is 0 Å². The van der Waals surface area contributed by atoms with Gasteiger partial charge < -0.3 is 14.7 Å². The summed E-state index contributed by atoms with van der Waals surface area (Å²) in [5.74, 6) is -3.10. The molecule has 0 saturated carbocycles. The Hall–Kier alpha value is -3.56. The lowest BCUT2D eigenvalue weighted by atomic mass is 9.97. The van der Waals surface area contributed by atoms with Crippen LogP contribution < -0.4 is 5.32 Å². The summed E-state index contributed by atoms with van der Waals surface area (Å²) in [5.41, 5.74) is 0.377. The summed E-state index contributed by atoms with van der Waals surface area (Å²) in [6.45, 7) is 2.91. The monoisotopic (exact) mass is 492 g/mol. The Labute approximate surface area is 200 Å². The van der Waals surface area contributed by atoms with Gasteiger partial charge in [0.05, 0.1) is 6.42 Å². The summed E-state index contributed by atoms with van der Waals surface area (Å²) >= 11 is 0. The number of fused-ring (bicyclic) bond motifs is 3. The third-order valence-corrected chi connectivity index (χ3v) is 6.29. The van der Waals surface area contributed by atoms with E-state index in [2.05, 4.69) is 0 Å². The number of rotatable bonds is 8. The van der Waals surface area contributed by atoms with Crippen molar-refractivity contribution in [3.63, 3.8) is 0 Å². The number of aliphatic carboxylic acids is 1. The number of halogens is 3. The van der Waals surface area contributed by atoms with Gasteiger partial charge in [0.25, 0.3) is 5.91 Å². The highest BCUT2D eigenvalue weighted by Gasteiger charge is 2.60. The molecule has 2 aromatic carbocycles. The maximum Gasteiger partial charge on any atom is 0.420 e. The molecule has 7 nitrogen and oxygen atoms in total. The lowest BCUT2D eigenvalue weighted by molar-refractivity contribution is -0.201. The molecule has 0 saturated heterocycles. The van der Waals surface area contributed by atoms with Crippen LogP contribution in [0.25, 0.3) is 11.1 Å². The Morgan fingerprint density at radius 2 is 1.57 bits per heavy atom. The fraction of sp³-hybridized carbons (Fsp3) is 0.400. The molecule has 2 unspecified atom stereocenters. The van der Waals surface area contributed by atoms with E-state index in [9.17, 15) is 27.6 Å². The van der Waals surface area contributed by atoms with E-state index in [1.165, 1.54) is 13.8 Å². The second-order valence-corrected chi connectivity index (χ2v) is 8.61. The molecule has 0 spiro atoms. The van der Waals surface area contributed by atoms with Crippen LogP contribution in [-0.2, 0) is 14.3 Å². The third-order valence-electron chi connectivity index (χ3n) is 6.29. The number of hydrogen-bond donors (Lipinski definition) is 2. The summed E-state index contributed by atoms with van der Waals surface area (Å²) in [5, 5.41) is 10.7. The maximum absolute atomic E-state index is 14.0. The van der Waals surface area contributed by atoms with Crippen LogP contribution in [0.3, 0.4) is 0 Å². The highest BCUT2D eigenvalue weighted by molar-refractivity contribution is 5.91. The van der Waals surface area contributed by atoms with E-state index in [4.69, 9.17) is 9.84 Å². The lowest BCUT2D eigenvalue weighted by Gasteiger charge is -2.38. The lowest BCUT2D eigenvalue weighted by Crippen LogP contribution is -2.67. The number of nitrogens with zero attached hydrogens (tertiary/aromatic N) is 1. The van der Waals surface area contributed by atoms with Crippen LogP contribution in [0.4, 0.5) is 18.0 Å². The third kappa shape index (κ3) is 5.11. The molecular formula is C25H27F3N2O5. The summed E-state index contributed by atoms with van der Waals surface area (Å²) in [6, 6.07) is 14.0. The van der Waals surface area contributed by atoms with Crippen molar-refractivity contribution in [2.75, 3.05) is 13.2 Å². The second kappa shape index (κ2) is 9.97. The number of carbonyl (C=O) groups is 3. The largest absolute Gasteiger partial charge is 0.481 e. The number of nitrogens with one attached hydrogen (secondary N) is 1. The van der Waals surface area contributed by atoms with Gasteiger partial charge in [-0.15, -0.1) is 0 Å². The number of ether oxygens (including phenoxy) is 1. The first kappa shape index (κ1) is 26.1. The predicted molar refractivity (Wildman–Crippen MR) is 122 cm³/mol.